The molecule has 0 spiro atoms. The maximum Gasteiger partial charge on any atom is 0.303 e. The monoisotopic (exact) mass is 271 g/mol. The van der Waals surface area contributed by atoms with Gasteiger partial charge in [0.05, 0.1) is 0 Å². The summed E-state index contributed by atoms with van der Waals surface area (Å²) >= 11 is 0. The van der Waals surface area contributed by atoms with Crippen LogP contribution in [0.5, 0.6) is 0 Å². The average Bonchev–Trinajstić information content (AvgIpc) is 2.25. The Morgan fingerprint density at radius 2 is 1.89 bits per heavy atom. The number of carbonyl (C=O) groups excluding carboxylic acids is 1. The molecule has 110 valence electrons. The van der Waals surface area contributed by atoms with Crippen molar-refractivity contribution in [3.63, 3.8) is 0 Å². The Morgan fingerprint density at radius 1 is 1.32 bits per heavy atom. The third kappa shape index (κ3) is 8.35. The number of ether oxygens (including phenoxy) is 1. The summed E-state index contributed by atoms with van der Waals surface area (Å²) in [4.78, 5) is 21.4. The van der Waals surface area contributed by atoms with E-state index in [1.807, 2.05) is 20.8 Å². The van der Waals surface area contributed by atoms with Gasteiger partial charge in [-0.05, 0) is 39.0 Å². The molecular weight excluding hydrogens is 246 g/mol. The molecule has 0 fully saturated rings. The van der Waals surface area contributed by atoms with Crippen LogP contribution in [0.25, 0.3) is 0 Å². The summed E-state index contributed by atoms with van der Waals surface area (Å²) in [6, 6.07) is -0.866. The normalized spacial score (nSPS) is 15.2. The number of allylic oxidation sites excluding steroid dienone is 2. The van der Waals surface area contributed by atoms with Crippen LogP contribution in [0.2, 0.25) is 0 Å². The van der Waals surface area contributed by atoms with Gasteiger partial charge >= 0.3 is 5.97 Å². The van der Waals surface area contributed by atoms with E-state index in [0.29, 0.717) is 6.42 Å². The molecule has 0 saturated carbocycles. The minimum absolute atomic E-state index is 0.280. The number of hydrogen-bond donors (Lipinski definition) is 0. The minimum Gasteiger partial charge on any atom is -0.455 e. The van der Waals surface area contributed by atoms with Crippen LogP contribution in [-0.2, 0) is 9.53 Å². The molecule has 0 heterocycles. The van der Waals surface area contributed by atoms with Crippen LogP contribution in [-0.4, -0.2) is 23.0 Å². The second-order valence-corrected chi connectivity index (χ2v) is 5.37. The first-order valence-electron chi connectivity index (χ1n) is 6.68. The van der Waals surface area contributed by atoms with E-state index in [0.717, 1.165) is 12.8 Å². The van der Waals surface area contributed by atoms with Crippen molar-refractivity contribution in [1.29, 1.82) is 0 Å². The van der Waals surface area contributed by atoms with Gasteiger partial charge in [-0.1, -0.05) is 18.6 Å². The maximum absolute atomic E-state index is 11.0. The Kier molecular flexibility index (Phi) is 8.03. The number of esters is 1. The van der Waals surface area contributed by atoms with Crippen LogP contribution >= 0.6 is 0 Å². The van der Waals surface area contributed by atoms with Crippen LogP contribution in [0.4, 0.5) is 0 Å². The number of hydrogen-bond acceptors (Lipinski definition) is 4. The van der Waals surface area contributed by atoms with Crippen molar-refractivity contribution >= 4 is 5.97 Å². The third-order valence-corrected chi connectivity index (χ3v) is 3.03. The fraction of sp³-hybridized carbons (Fsp3) is 0.786. The summed E-state index contributed by atoms with van der Waals surface area (Å²) in [5.74, 6) is -0.183. The fourth-order valence-electron chi connectivity index (χ4n) is 1.86. The van der Waals surface area contributed by atoms with Gasteiger partial charge in [-0.2, -0.15) is 0 Å². The molecule has 3 unspecified atom stereocenters. The number of nitrogens with zero attached hydrogens (tertiary/aromatic N) is 1. The van der Waals surface area contributed by atoms with Crippen molar-refractivity contribution in [1.82, 2.24) is 0 Å². The summed E-state index contributed by atoms with van der Waals surface area (Å²) in [7, 11) is 0. The molecular formula is C14H25NO4. The molecule has 0 radical (unpaired) electrons. The SMILES string of the molecule is CC(=O)OC(CC(C)CCC=C(C)C)C(C)[N+](=O)[O-]. The first-order valence-corrected chi connectivity index (χ1v) is 6.68. The fourth-order valence-corrected chi connectivity index (χ4v) is 1.86. The average molecular weight is 271 g/mol. The first kappa shape index (κ1) is 17.6. The standard InChI is InChI=1S/C14H25NO4/c1-10(2)7-6-8-11(3)9-14(19-13(5)16)12(4)15(17)18/h7,11-12,14H,6,8-9H2,1-5H3. The number of carbonyl (C=O) groups is 1. The Morgan fingerprint density at radius 3 is 2.32 bits per heavy atom. The summed E-state index contributed by atoms with van der Waals surface area (Å²) in [5.41, 5.74) is 1.27. The predicted molar refractivity (Wildman–Crippen MR) is 74.5 cm³/mol. The molecule has 0 rings (SSSR count). The van der Waals surface area contributed by atoms with Gasteiger partial charge in [0.15, 0.2) is 6.10 Å². The molecule has 0 amide bonds. The van der Waals surface area contributed by atoms with E-state index in [9.17, 15) is 14.9 Å². The van der Waals surface area contributed by atoms with Gasteiger partial charge in [-0.25, -0.2) is 0 Å². The smallest absolute Gasteiger partial charge is 0.303 e. The van der Waals surface area contributed by atoms with Crippen molar-refractivity contribution in [3.8, 4) is 0 Å². The Labute approximate surface area is 115 Å². The van der Waals surface area contributed by atoms with Gasteiger partial charge in [0.25, 0.3) is 0 Å². The van der Waals surface area contributed by atoms with Crippen molar-refractivity contribution in [2.24, 2.45) is 5.92 Å². The molecule has 0 saturated heterocycles. The number of nitro groups is 1. The number of rotatable bonds is 8. The molecule has 0 aliphatic rings. The van der Waals surface area contributed by atoms with Crippen molar-refractivity contribution < 1.29 is 14.5 Å². The highest BCUT2D eigenvalue weighted by atomic mass is 16.6. The molecule has 0 aromatic rings. The molecule has 5 nitrogen and oxygen atoms in total. The Bertz CT molecular complexity index is 334. The second-order valence-electron chi connectivity index (χ2n) is 5.37. The zero-order valence-corrected chi connectivity index (χ0v) is 12.5. The molecule has 5 heteroatoms. The lowest BCUT2D eigenvalue weighted by atomic mass is 9.95. The van der Waals surface area contributed by atoms with Crippen molar-refractivity contribution in [3.05, 3.63) is 21.8 Å². The predicted octanol–water partition coefficient (Wildman–Crippen LogP) is 3.36. The summed E-state index contributed by atoms with van der Waals surface area (Å²) in [6.07, 6.45) is 3.91. The maximum atomic E-state index is 11.0. The van der Waals surface area contributed by atoms with Crippen LogP contribution in [0.1, 0.15) is 53.9 Å². The van der Waals surface area contributed by atoms with E-state index in [4.69, 9.17) is 4.74 Å². The lowest BCUT2D eigenvalue weighted by molar-refractivity contribution is -0.529. The van der Waals surface area contributed by atoms with Crippen molar-refractivity contribution in [2.45, 2.75) is 66.0 Å². The van der Waals surface area contributed by atoms with Crippen LogP contribution in [0, 0.1) is 16.0 Å². The first-order chi connectivity index (χ1) is 8.73. The summed E-state index contributed by atoms with van der Waals surface area (Å²) < 4.78 is 5.08. The zero-order chi connectivity index (χ0) is 15.0. The van der Waals surface area contributed by atoms with Crippen LogP contribution < -0.4 is 0 Å². The van der Waals surface area contributed by atoms with E-state index in [1.54, 1.807) is 0 Å². The molecule has 3 atom stereocenters. The highest BCUT2D eigenvalue weighted by Crippen LogP contribution is 2.19. The van der Waals surface area contributed by atoms with Gasteiger partial charge in [0.2, 0.25) is 6.04 Å². The van der Waals surface area contributed by atoms with Crippen LogP contribution in [0.3, 0.4) is 0 Å². The molecule has 0 aliphatic carbocycles. The van der Waals surface area contributed by atoms with Gasteiger partial charge in [-0.3, -0.25) is 14.9 Å². The van der Waals surface area contributed by atoms with Crippen LogP contribution in [0.15, 0.2) is 11.6 Å². The molecule has 0 aliphatic heterocycles. The third-order valence-electron chi connectivity index (χ3n) is 3.03. The Balaban J connectivity index is 4.42. The summed E-state index contributed by atoms with van der Waals surface area (Å²) in [5, 5.41) is 10.8. The van der Waals surface area contributed by atoms with E-state index >= 15 is 0 Å². The van der Waals surface area contributed by atoms with Gasteiger partial charge < -0.3 is 4.74 Å². The summed E-state index contributed by atoms with van der Waals surface area (Å²) in [6.45, 7) is 8.88. The van der Waals surface area contributed by atoms with E-state index < -0.39 is 23.0 Å². The molecule has 0 N–H and O–H groups in total. The lowest BCUT2D eigenvalue weighted by Crippen LogP contribution is -2.35. The lowest BCUT2D eigenvalue weighted by Gasteiger charge is -2.21. The molecule has 0 aromatic carbocycles. The highest BCUT2D eigenvalue weighted by molar-refractivity contribution is 5.66. The van der Waals surface area contributed by atoms with Gasteiger partial charge in [-0.15, -0.1) is 0 Å². The largest absolute Gasteiger partial charge is 0.455 e. The molecule has 0 aromatic heterocycles. The molecule has 0 bridgehead atoms. The van der Waals surface area contributed by atoms with Crippen molar-refractivity contribution in [2.75, 3.05) is 0 Å². The van der Waals surface area contributed by atoms with E-state index in [-0.39, 0.29) is 5.92 Å². The quantitative estimate of drug-likeness (QED) is 0.294. The minimum atomic E-state index is -0.866. The second kappa shape index (κ2) is 8.67. The van der Waals surface area contributed by atoms with E-state index in [2.05, 4.69) is 6.08 Å². The highest BCUT2D eigenvalue weighted by Gasteiger charge is 2.30. The Hall–Kier alpha value is -1.39. The van der Waals surface area contributed by atoms with Gasteiger partial charge in [0, 0.05) is 18.8 Å². The van der Waals surface area contributed by atoms with E-state index in [1.165, 1.54) is 19.4 Å². The topological polar surface area (TPSA) is 69.4 Å². The zero-order valence-electron chi connectivity index (χ0n) is 12.5. The van der Waals surface area contributed by atoms with Gasteiger partial charge in [0.1, 0.15) is 0 Å². The molecule has 19 heavy (non-hydrogen) atoms.